The number of fused-ring (bicyclic) bond motifs is 1. The van der Waals surface area contributed by atoms with Crippen molar-refractivity contribution in [3.8, 4) is 0 Å². The van der Waals surface area contributed by atoms with Gasteiger partial charge in [0.05, 0.1) is 28.5 Å². The van der Waals surface area contributed by atoms with Gasteiger partial charge in [0.1, 0.15) is 5.82 Å². The molecule has 2 heterocycles. The summed E-state index contributed by atoms with van der Waals surface area (Å²) in [5.41, 5.74) is 1.95. The van der Waals surface area contributed by atoms with Crippen LogP contribution >= 0.6 is 0 Å². The Morgan fingerprint density at radius 3 is 2.91 bits per heavy atom. The summed E-state index contributed by atoms with van der Waals surface area (Å²) >= 11 is 0. The van der Waals surface area contributed by atoms with Gasteiger partial charge >= 0.3 is 0 Å². The molecule has 0 aliphatic carbocycles. The van der Waals surface area contributed by atoms with Gasteiger partial charge in [0.25, 0.3) is 0 Å². The molecule has 1 unspecified atom stereocenters. The third-order valence-corrected chi connectivity index (χ3v) is 5.70. The number of imidazole rings is 1. The molecule has 1 aromatic carbocycles. The number of benzene rings is 1. The Hall–Kier alpha value is -1.89. The van der Waals surface area contributed by atoms with Gasteiger partial charge in [0.15, 0.2) is 9.84 Å². The first-order valence-electron chi connectivity index (χ1n) is 7.45. The summed E-state index contributed by atoms with van der Waals surface area (Å²) in [6.07, 6.45) is 1.96. The predicted octanol–water partition coefficient (Wildman–Crippen LogP) is 1.05. The van der Waals surface area contributed by atoms with Gasteiger partial charge in [-0.05, 0) is 25.0 Å². The smallest absolute Gasteiger partial charge is 0.224 e. The van der Waals surface area contributed by atoms with Crippen molar-refractivity contribution in [3.05, 3.63) is 30.1 Å². The molecule has 0 saturated carbocycles. The first-order valence-corrected chi connectivity index (χ1v) is 9.27. The lowest BCUT2D eigenvalue weighted by Gasteiger charge is -2.08. The number of aryl methyl sites for hydroxylation is 1. The van der Waals surface area contributed by atoms with E-state index >= 15 is 0 Å². The average molecular weight is 321 g/mol. The van der Waals surface area contributed by atoms with Crippen LogP contribution in [0, 0.1) is 5.92 Å². The van der Waals surface area contributed by atoms with Gasteiger partial charge in [-0.1, -0.05) is 12.1 Å². The molecule has 0 bridgehead atoms. The van der Waals surface area contributed by atoms with E-state index in [1.807, 2.05) is 24.3 Å². The van der Waals surface area contributed by atoms with E-state index in [1.54, 1.807) is 0 Å². The van der Waals surface area contributed by atoms with Crippen molar-refractivity contribution in [2.45, 2.75) is 19.3 Å². The molecule has 7 heteroatoms. The van der Waals surface area contributed by atoms with Crippen molar-refractivity contribution < 1.29 is 13.2 Å². The Morgan fingerprint density at radius 1 is 1.36 bits per heavy atom. The molecule has 22 heavy (non-hydrogen) atoms. The van der Waals surface area contributed by atoms with Gasteiger partial charge in [-0.25, -0.2) is 13.4 Å². The fraction of sp³-hybridized carbons (Fsp3) is 0.467. The van der Waals surface area contributed by atoms with Crippen molar-refractivity contribution in [2.75, 3.05) is 18.1 Å². The molecule has 1 atom stereocenters. The molecular formula is C15H19N3O3S. The fourth-order valence-corrected chi connectivity index (χ4v) is 4.48. The quantitative estimate of drug-likeness (QED) is 0.805. The van der Waals surface area contributed by atoms with Crippen LogP contribution < -0.4 is 5.32 Å². The first-order chi connectivity index (χ1) is 10.5. The number of nitrogens with one attached hydrogen (secondary N) is 2. The topological polar surface area (TPSA) is 91.9 Å². The summed E-state index contributed by atoms with van der Waals surface area (Å²) in [6.45, 7) is 0.534. The maximum absolute atomic E-state index is 11.9. The van der Waals surface area contributed by atoms with Crippen LogP contribution in [-0.4, -0.2) is 42.3 Å². The lowest BCUT2D eigenvalue weighted by atomic mass is 10.1. The van der Waals surface area contributed by atoms with Gasteiger partial charge in [-0.15, -0.1) is 0 Å². The second-order valence-electron chi connectivity index (χ2n) is 5.70. The minimum atomic E-state index is -3.00. The predicted molar refractivity (Wildman–Crippen MR) is 84.2 cm³/mol. The summed E-state index contributed by atoms with van der Waals surface area (Å²) in [4.78, 5) is 19.6. The van der Waals surface area contributed by atoms with Crippen LogP contribution in [0.1, 0.15) is 18.7 Å². The molecule has 1 aliphatic heterocycles. The zero-order valence-electron chi connectivity index (χ0n) is 12.2. The van der Waals surface area contributed by atoms with E-state index in [-0.39, 0.29) is 23.3 Å². The van der Waals surface area contributed by atoms with Crippen molar-refractivity contribution in [3.63, 3.8) is 0 Å². The van der Waals surface area contributed by atoms with Gasteiger partial charge in [0, 0.05) is 13.0 Å². The third-order valence-electron chi connectivity index (χ3n) is 3.93. The van der Waals surface area contributed by atoms with E-state index in [0.717, 1.165) is 29.7 Å². The number of hydrogen-bond donors (Lipinski definition) is 2. The third kappa shape index (κ3) is 3.47. The summed E-state index contributed by atoms with van der Waals surface area (Å²) in [5, 5.41) is 2.82. The van der Waals surface area contributed by atoms with Crippen LogP contribution in [0.4, 0.5) is 0 Å². The number of nitrogens with zero attached hydrogens (tertiary/aromatic N) is 1. The molecule has 1 aromatic heterocycles. The molecule has 0 radical (unpaired) electrons. The number of H-pyrrole nitrogens is 1. The van der Waals surface area contributed by atoms with E-state index in [4.69, 9.17) is 0 Å². The van der Waals surface area contributed by atoms with Gasteiger partial charge in [-0.3, -0.25) is 4.79 Å². The van der Waals surface area contributed by atoms with Crippen LogP contribution in [-0.2, 0) is 21.1 Å². The molecule has 1 aliphatic rings. The van der Waals surface area contributed by atoms with Crippen molar-refractivity contribution in [2.24, 2.45) is 5.92 Å². The van der Waals surface area contributed by atoms with Crippen LogP contribution in [0.15, 0.2) is 24.3 Å². The van der Waals surface area contributed by atoms with E-state index in [9.17, 15) is 13.2 Å². The standard InChI is InChI=1S/C15H19N3O3S/c19-15(11-7-9-22(20,21)10-11)16-8-3-6-14-17-12-4-1-2-5-13(12)18-14/h1-2,4-5,11H,3,6-10H2,(H,16,19)(H,17,18). The highest BCUT2D eigenvalue weighted by atomic mass is 32.2. The first kappa shape index (κ1) is 15.0. The van der Waals surface area contributed by atoms with Crippen LogP contribution in [0.5, 0.6) is 0 Å². The second kappa shape index (κ2) is 6.08. The van der Waals surface area contributed by atoms with Crippen molar-refractivity contribution >= 4 is 26.8 Å². The summed E-state index contributed by atoms with van der Waals surface area (Å²) in [5.74, 6) is 0.493. The highest BCUT2D eigenvalue weighted by Crippen LogP contribution is 2.18. The van der Waals surface area contributed by atoms with E-state index in [1.165, 1.54) is 0 Å². The number of aromatic nitrogens is 2. The zero-order valence-corrected chi connectivity index (χ0v) is 13.0. The maximum atomic E-state index is 11.9. The summed E-state index contributed by atoms with van der Waals surface area (Å²) in [7, 11) is -3.00. The molecule has 1 fully saturated rings. The molecule has 1 saturated heterocycles. The molecular weight excluding hydrogens is 302 g/mol. The molecule has 3 rings (SSSR count). The fourth-order valence-electron chi connectivity index (χ4n) is 2.74. The Balaban J connectivity index is 1.44. The SMILES string of the molecule is O=C(NCCCc1nc2ccccc2[nH]1)C1CCS(=O)(=O)C1. The van der Waals surface area contributed by atoms with Gasteiger partial charge < -0.3 is 10.3 Å². The maximum Gasteiger partial charge on any atom is 0.224 e. The summed E-state index contributed by atoms with van der Waals surface area (Å²) < 4.78 is 22.7. The van der Waals surface area contributed by atoms with E-state index in [2.05, 4.69) is 15.3 Å². The minimum absolute atomic E-state index is 0.0115. The Kier molecular flexibility index (Phi) is 4.15. The number of aromatic amines is 1. The van der Waals surface area contributed by atoms with E-state index < -0.39 is 9.84 Å². The van der Waals surface area contributed by atoms with Crippen LogP contribution in [0.3, 0.4) is 0 Å². The molecule has 6 nitrogen and oxygen atoms in total. The number of hydrogen-bond acceptors (Lipinski definition) is 4. The van der Waals surface area contributed by atoms with Gasteiger partial charge in [0.2, 0.25) is 5.91 Å². The normalized spacial score (nSPS) is 20.3. The number of amides is 1. The molecule has 1 amide bonds. The Bertz CT molecular complexity index is 749. The lowest BCUT2D eigenvalue weighted by Crippen LogP contribution is -2.32. The Morgan fingerprint density at radius 2 is 2.18 bits per heavy atom. The average Bonchev–Trinajstić information content (AvgIpc) is 3.05. The van der Waals surface area contributed by atoms with Crippen molar-refractivity contribution in [1.29, 1.82) is 0 Å². The largest absolute Gasteiger partial charge is 0.356 e. The van der Waals surface area contributed by atoms with Crippen LogP contribution in [0.25, 0.3) is 11.0 Å². The lowest BCUT2D eigenvalue weighted by molar-refractivity contribution is -0.124. The Labute approximate surface area is 129 Å². The highest BCUT2D eigenvalue weighted by molar-refractivity contribution is 7.91. The number of sulfone groups is 1. The number of rotatable bonds is 5. The zero-order chi connectivity index (χ0) is 15.6. The number of carbonyl (C=O) groups is 1. The monoisotopic (exact) mass is 321 g/mol. The highest BCUT2D eigenvalue weighted by Gasteiger charge is 2.32. The minimum Gasteiger partial charge on any atom is -0.356 e. The van der Waals surface area contributed by atoms with Crippen molar-refractivity contribution in [1.82, 2.24) is 15.3 Å². The number of carbonyl (C=O) groups excluding carboxylic acids is 1. The molecule has 2 aromatic rings. The van der Waals surface area contributed by atoms with Gasteiger partial charge in [-0.2, -0.15) is 0 Å². The molecule has 2 N–H and O–H groups in total. The second-order valence-corrected chi connectivity index (χ2v) is 7.92. The molecule has 0 spiro atoms. The summed E-state index contributed by atoms with van der Waals surface area (Å²) in [6, 6.07) is 7.84. The van der Waals surface area contributed by atoms with E-state index in [0.29, 0.717) is 13.0 Å². The molecule has 118 valence electrons. The van der Waals surface area contributed by atoms with Crippen LogP contribution in [0.2, 0.25) is 0 Å². The number of para-hydroxylation sites is 2.